The average molecular weight is 441 g/mol. The molecular formula is C13H19Br2N3O2S. The Hall–Kier alpha value is -0.150. The van der Waals surface area contributed by atoms with Gasteiger partial charge in [0.1, 0.15) is 4.90 Å². The number of rotatable bonds is 4. The number of nitrogens with zero attached hydrogens (tertiary/aromatic N) is 1. The molecule has 0 saturated carbocycles. The van der Waals surface area contributed by atoms with E-state index in [9.17, 15) is 8.42 Å². The third-order valence-corrected chi connectivity index (χ3v) is 6.99. The van der Waals surface area contributed by atoms with Gasteiger partial charge in [-0.05, 0) is 82.9 Å². The molecule has 1 heterocycles. The average Bonchev–Trinajstić information content (AvgIpc) is 2.36. The Labute approximate surface area is 142 Å². The predicted molar refractivity (Wildman–Crippen MR) is 91.7 cm³/mol. The molecule has 1 aromatic carbocycles. The van der Waals surface area contributed by atoms with E-state index in [1.165, 1.54) is 0 Å². The van der Waals surface area contributed by atoms with Crippen molar-refractivity contribution in [1.29, 1.82) is 0 Å². The Balaban J connectivity index is 2.09. The van der Waals surface area contributed by atoms with Crippen LogP contribution in [-0.4, -0.2) is 40.0 Å². The highest BCUT2D eigenvalue weighted by atomic mass is 79.9. The summed E-state index contributed by atoms with van der Waals surface area (Å²) in [6, 6.07) is 3.18. The van der Waals surface area contributed by atoms with Gasteiger partial charge in [-0.25, -0.2) is 13.1 Å². The van der Waals surface area contributed by atoms with Gasteiger partial charge in [0.15, 0.2) is 0 Å². The predicted octanol–water partition coefficient (Wildman–Crippen LogP) is 2.41. The van der Waals surface area contributed by atoms with Crippen molar-refractivity contribution in [2.24, 2.45) is 5.92 Å². The summed E-state index contributed by atoms with van der Waals surface area (Å²) in [7, 11) is -1.48. The van der Waals surface area contributed by atoms with Crippen molar-refractivity contribution in [2.45, 2.75) is 17.7 Å². The number of nitrogens with one attached hydrogen (secondary N) is 1. The molecule has 1 fully saturated rings. The molecule has 1 aliphatic rings. The molecule has 0 unspecified atom stereocenters. The number of nitrogen functional groups attached to an aromatic ring is 1. The second kappa shape index (κ2) is 6.95. The summed E-state index contributed by atoms with van der Waals surface area (Å²) in [5.74, 6) is 0.391. The van der Waals surface area contributed by atoms with Crippen molar-refractivity contribution in [2.75, 3.05) is 32.4 Å². The SMILES string of the molecule is CN1CCC(CNS(=O)(=O)c2c(Br)cc(N)cc2Br)CC1. The fraction of sp³-hybridized carbons (Fsp3) is 0.538. The molecule has 3 N–H and O–H groups in total. The van der Waals surface area contributed by atoms with E-state index >= 15 is 0 Å². The van der Waals surface area contributed by atoms with Crippen molar-refractivity contribution in [3.63, 3.8) is 0 Å². The molecule has 5 nitrogen and oxygen atoms in total. The largest absolute Gasteiger partial charge is 0.399 e. The lowest BCUT2D eigenvalue weighted by Gasteiger charge is -2.29. The summed E-state index contributed by atoms with van der Waals surface area (Å²) >= 11 is 6.54. The van der Waals surface area contributed by atoms with Gasteiger partial charge in [-0.2, -0.15) is 0 Å². The molecule has 0 radical (unpaired) electrons. The molecule has 1 saturated heterocycles. The molecule has 8 heteroatoms. The summed E-state index contributed by atoms with van der Waals surface area (Å²) in [5.41, 5.74) is 6.20. The second-order valence-electron chi connectivity index (χ2n) is 5.41. The summed E-state index contributed by atoms with van der Waals surface area (Å²) in [4.78, 5) is 2.46. The van der Waals surface area contributed by atoms with E-state index in [-0.39, 0.29) is 4.90 Å². The third-order valence-electron chi connectivity index (χ3n) is 3.69. The molecule has 0 atom stereocenters. The third kappa shape index (κ3) is 4.41. The van der Waals surface area contributed by atoms with E-state index in [1.807, 2.05) is 0 Å². The Morgan fingerprint density at radius 3 is 2.33 bits per heavy atom. The number of sulfonamides is 1. The quantitative estimate of drug-likeness (QED) is 0.705. The van der Waals surface area contributed by atoms with Gasteiger partial charge in [-0.1, -0.05) is 0 Å². The van der Waals surface area contributed by atoms with Gasteiger partial charge in [0.25, 0.3) is 0 Å². The van der Waals surface area contributed by atoms with Gasteiger partial charge in [0.05, 0.1) is 0 Å². The smallest absolute Gasteiger partial charge is 0.242 e. The maximum absolute atomic E-state index is 12.5. The van der Waals surface area contributed by atoms with Crippen LogP contribution >= 0.6 is 31.9 Å². The normalized spacial score (nSPS) is 18.0. The van der Waals surface area contributed by atoms with Gasteiger partial charge in [-0.3, -0.25) is 0 Å². The molecule has 0 aromatic heterocycles. The first-order chi connectivity index (χ1) is 9.79. The molecule has 2 rings (SSSR count). The minimum Gasteiger partial charge on any atom is -0.399 e. The van der Waals surface area contributed by atoms with Gasteiger partial charge in [-0.15, -0.1) is 0 Å². The number of piperidine rings is 1. The number of hydrogen-bond donors (Lipinski definition) is 2. The first-order valence-corrected chi connectivity index (χ1v) is 9.79. The van der Waals surface area contributed by atoms with Crippen LogP contribution in [0.2, 0.25) is 0 Å². The van der Waals surface area contributed by atoms with Crippen molar-refractivity contribution in [3.8, 4) is 0 Å². The van der Waals surface area contributed by atoms with E-state index in [0.29, 0.717) is 27.1 Å². The Kier molecular flexibility index (Phi) is 5.70. The molecule has 0 bridgehead atoms. The lowest BCUT2D eigenvalue weighted by Crippen LogP contribution is -2.37. The standard InChI is InChI=1S/C13H19Br2N3O2S/c1-18-4-2-9(3-5-18)8-17-21(19,20)13-11(14)6-10(16)7-12(13)15/h6-7,9,17H,2-5,8,16H2,1H3. The van der Waals surface area contributed by atoms with Crippen LogP contribution < -0.4 is 10.5 Å². The fourth-order valence-corrected chi connectivity index (χ4v) is 6.13. The molecule has 1 aliphatic heterocycles. The summed E-state index contributed by atoms with van der Waals surface area (Å²) in [5, 5.41) is 0. The van der Waals surface area contributed by atoms with Gasteiger partial charge in [0.2, 0.25) is 10.0 Å². The van der Waals surface area contributed by atoms with Crippen LogP contribution in [0.1, 0.15) is 12.8 Å². The number of nitrogens with two attached hydrogens (primary N) is 1. The van der Waals surface area contributed by atoms with Crippen molar-refractivity contribution >= 4 is 47.6 Å². The number of hydrogen-bond acceptors (Lipinski definition) is 4. The minimum atomic E-state index is -3.56. The molecule has 1 aromatic rings. The van der Waals surface area contributed by atoms with Gasteiger partial charge in [0, 0.05) is 21.2 Å². The highest BCUT2D eigenvalue weighted by Gasteiger charge is 2.24. The van der Waals surface area contributed by atoms with Crippen LogP contribution in [0.4, 0.5) is 5.69 Å². The number of likely N-dealkylation sites (tertiary alicyclic amines) is 1. The molecule has 0 amide bonds. The summed E-state index contributed by atoms with van der Waals surface area (Å²) < 4.78 is 28.6. The molecule has 0 aliphatic carbocycles. The summed E-state index contributed by atoms with van der Waals surface area (Å²) in [6.07, 6.45) is 2.03. The van der Waals surface area contributed by atoms with E-state index in [4.69, 9.17) is 5.73 Å². The molecule has 0 spiro atoms. The summed E-state index contributed by atoms with van der Waals surface area (Å²) in [6.45, 7) is 2.50. The van der Waals surface area contributed by atoms with Crippen LogP contribution in [0.25, 0.3) is 0 Å². The van der Waals surface area contributed by atoms with Crippen molar-refractivity contribution in [3.05, 3.63) is 21.1 Å². The highest BCUT2D eigenvalue weighted by Crippen LogP contribution is 2.32. The number of halogens is 2. The van der Waals surface area contributed by atoms with Crippen LogP contribution in [0, 0.1) is 5.92 Å². The Morgan fingerprint density at radius 2 is 1.81 bits per heavy atom. The Bertz CT molecular complexity index is 591. The van der Waals surface area contributed by atoms with E-state index < -0.39 is 10.0 Å². The van der Waals surface area contributed by atoms with Crippen LogP contribution in [-0.2, 0) is 10.0 Å². The molecule has 118 valence electrons. The first-order valence-electron chi connectivity index (χ1n) is 6.72. The molecular weight excluding hydrogens is 422 g/mol. The van der Waals surface area contributed by atoms with Crippen molar-refractivity contribution in [1.82, 2.24) is 9.62 Å². The highest BCUT2D eigenvalue weighted by molar-refractivity contribution is 9.11. The number of benzene rings is 1. The zero-order valence-corrected chi connectivity index (χ0v) is 15.8. The maximum Gasteiger partial charge on any atom is 0.242 e. The van der Waals surface area contributed by atoms with E-state index in [0.717, 1.165) is 25.9 Å². The van der Waals surface area contributed by atoms with E-state index in [1.54, 1.807) is 12.1 Å². The van der Waals surface area contributed by atoms with Crippen LogP contribution in [0.15, 0.2) is 26.0 Å². The topological polar surface area (TPSA) is 75.4 Å². The first kappa shape index (κ1) is 17.2. The van der Waals surface area contributed by atoms with Gasteiger partial charge < -0.3 is 10.6 Å². The fourth-order valence-electron chi connectivity index (χ4n) is 2.40. The van der Waals surface area contributed by atoms with E-state index in [2.05, 4.69) is 48.5 Å². The lowest BCUT2D eigenvalue weighted by molar-refractivity contribution is 0.220. The number of anilines is 1. The van der Waals surface area contributed by atoms with Gasteiger partial charge >= 0.3 is 0 Å². The second-order valence-corrected chi connectivity index (χ2v) is 8.82. The van der Waals surface area contributed by atoms with Crippen molar-refractivity contribution < 1.29 is 8.42 Å². The zero-order valence-electron chi connectivity index (χ0n) is 11.8. The van der Waals surface area contributed by atoms with Crippen LogP contribution in [0.5, 0.6) is 0 Å². The van der Waals surface area contributed by atoms with Crippen LogP contribution in [0.3, 0.4) is 0 Å². The molecule has 21 heavy (non-hydrogen) atoms. The maximum atomic E-state index is 12.5. The Morgan fingerprint density at radius 1 is 1.29 bits per heavy atom. The zero-order chi connectivity index (χ0) is 15.6. The lowest BCUT2D eigenvalue weighted by atomic mass is 9.98. The minimum absolute atomic E-state index is 0.199. The monoisotopic (exact) mass is 439 g/mol.